The van der Waals surface area contributed by atoms with Gasteiger partial charge in [0.2, 0.25) is 0 Å². The van der Waals surface area contributed by atoms with Gasteiger partial charge < -0.3 is 9.64 Å². The van der Waals surface area contributed by atoms with E-state index >= 15 is 0 Å². The Morgan fingerprint density at radius 2 is 1.80 bits per heavy atom. The summed E-state index contributed by atoms with van der Waals surface area (Å²) in [5, 5.41) is 2.25. The first-order valence-corrected chi connectivity index (χ1v) is 7.19. The van der Waals surface area contributed by atoms with E-state index in [-0.39, 0.29) is 5.91 Å². The van der Waals surface area contributed by atoms with Gasteiger partial charge in [0.05, 0.1) is 13.2 Å². The van der Waals surface area contributed by atoms with Crippen molar-refractivity contribution in [2.24, 2.45) is 0 Å². The fourth-order valence-corrected chi connectivity index (χ4v) is 2.79. The molecule has 1 aliphatic rings. The quantitative estimate of drug-likeness (QED) is 0.771. The Balaban J connectivity index is 2.05. The van der Waals surface area contributed by atoms with Gasteiger partial charge >= 0.3 is 0 Å². The Kier molecular flexibility index (Phi) is 3.74. The van der Waals surface area contributed by atoms with Crippen molar-refractivity contribution in [1.29, 1.82) is 0 Å². The zero-order valence-electron chi connectivity index (χ0n) is 11.8. The van der Waals surface area contributed by atoms with Crippen molar-refractivity contribution >= 4 is 24.5 Å². The second-order valence-corrected chi connectivity index (χ2v) is 5.08. The first kappa shape index (κ1) is 13.2. The van der Waals surface area contributed by atoms with Crippen molar-refractivity contribution in [1.82, 2.24) is 4.90 Å². The Bertz CT molecular complexity index is 635. The molecule has 0 bridgehead atoms. The number of nitrogens with zero attached hydrogens (tertiary/aromatic N) is 1. The highest BCUT2D eigenvalue weighted by atomic mass is 16.5. The molecule has 1 fully saturated rings. The molecule has 1 heterocycles. The van der Waals surface area contributed by atoms with Crippen molar-refractivity contribution in [2.45, 2.75) is 6.32 Å². The van der Waals surface area contributed by atoms with Gasteiger partial charge in [0.1, 0.15) is 7.85 Å². The molecule has 0 aromatic heterocycles. The third-order valence-corrected chi connectivity index (χ3v) is 3.92. The number of carbonyl (C=O) groups excluding carboxylic acids is 1. The summed E-state index contributed by atoms with van der Waals surface area (Å²) in [4.78, 5) is 14.6. The van der Waals surface area contributed by atoms with Gasteiger partial charge in [0.15, 0.2) is 0 Å². The van der Waals surface area contributed by atoms with Gasteiger partial charge in [0.25, 0.3) is 5.91 Å². The van der Waals surface area contributed by atoms with Crippen LogP contribution in [0.15, 0.2) is 36.4 Å². The number of morpholine rings is 1. The predicted octanol–water partition coefficient (Wildman–Crippen LogP) is 1.45. The van der Waals surface area contributed by atoms with Crippen LogP contribution >= 0.6 is 0 Å². The van der Waals surface area contributed by atoms with E-state index in [1.54, 1.807) is 0 Å². The average Bonchev–Trinajstić information content (AvgIpc) is 2.54. The van der Waals surface area contributed by atoms with Crippen LogP contribution in [-0.2, 0) is 11.1 Å². The number of ether oxygens (including phenoxy) is 1. The summed E-state index contributed by atoms with van der Waals surface area (Å²) in [7, 11) is 2.14. The van der Waals surface area contributed by atoms with Crippen LogP contribution in [0, 0.1) is 0 Å². The first-order valence-electron chi connectivity index (χ1n) is 7.19. The van der Waals surface area contributed by atoms with Crippen LogP contribution in [0.3, 0.4) is 0 Å². The lowest BCUT2D eigenvalue weighted by Gasteiger charge is -2.27. The maximum absolute atomic E-state index is 12.7. The van der Waals surface area contributed by atoms with Crippen LogP contribution in [0.25, 0.3) is 10.8 Å². The molecule has 1 aliphatic heterocycles. The molecule has 0 aliphatic carbocycles. The molecule has 0 atom stereocenters. The van der Waals surface area contributed by atoms with Gasteiger partial charge in [-0.1, -0.05) is 36.7 Å². The summed E-state index contributed by atoms with van der Waals surface area (Å²) in [6.45, 7) is 2.64. The summed E-state index contributed by atoms with van der Waals surface area (Å²) >= 11 is 0. The van der Waals surface area contributed by atoms with E-state index in [2.05, 4.69) is 20.0 Å². The number of carbonyl (C=O) groups is 1. The SMILES string of the molecule is BCc1ccc(C(=O)N2CCOCC2)c2ccccc12. The van der Waals surface area contributed by atoms with E-state index in [4.69, 9.17) is 4.74 Å². The van der Waals surface area contributed by atoms with Crippen molar-refractivity contribution in [3.05, 3.63) is 47.5 Å². The molecule has 2 aromatic carbocycles. The fourth-order valence-electron chi connectivity index (χ4n) is 2.79. The number of hydrogen-bond acceptors (Lipinski definition) is 2. The van der Waals surface area contributed by atoms with E-state index in [0.717, 1.165) is 17.3 Å². The van der Waals surface area contributed by atoms with E-state index in [0.29, 0.717) is 26.3 Å². The van der Waals surface area contributed by atoms with Gasteiger partial charge in [0, 0.05) is 18.7 Å². The van der Waals surface area contributed by atoms with Crippen LogP contribution in [0.2, 0.25) is 0 Å². The van der Waals surface area contributed by atoms with E-state index in [9.17, 15) is 4.79 Å². The van der Waals surface area contributed by atoms with E-state index in [1.165, 1.54) is 10.9 Å². The van der Waals surface area contributed by atoms with Crippen molar-refractivity contribution in [3.8, 4) is 0 Å². The van der Waals surface area contributed by atoms with Crippen LogP contribution < -0.4 is 0 Å². The van der Waals surface area contributed by atoms with Gasteiger partial charge in [-0.3, -0.25) is 4.79 Å². The summed E-state index contributed by atoms with van der Waals surface area (Å²) in [6.07, 6.45) is 0.979. The molecule has 2 aromatic rings. The fraction of sp³-hybridized carbons (Fsp3) is 0.312. The second kappa shape index (κ2) is 5.67. The van der Waals surface area contributed by atoms with Crippen LogP contribution in [0.1, 0.15) is 15.9 Å². The lowest BCUT2D eigenvalue weighted by Crippen LogP contribution is -2.40. The minimum Gasteiger partial charge on any atom is -0.378 e. The van der Waals surface area contributed by atoms with Crippen LogP contribution in [0.4, 0.5) is 0 Å². The third-order valence-electron chi connectivity index (χ3n) is 3.92. The number of fused-ring (bicyclic) bond motifs is 1. The Hall–Kier alpha value is -1.81. The van der Waals surface area contributed by atoms with Crippen molar-refractivity contribution in [2.75, 3.05) is 26.3 Å². The molecule has 3 rings (SSSR count). The van der Waals surface area contributed by atoms with Crippen LogP contribution in [-0.4, -0.2) is 45.0 Å². The maximum Gasteiger partial charge on any atom is 0.254 e. The molecule has 0 saturated carbocycles. The molecular weight excluding hydrogens is 249 g/mol. The standard InChI is InChI=1S/C16H18BNO2/c17-11-12-5-6-15(14-4-2-1-3-13(12)14)16(19)18-7-9-20-10-8-18/h1-6H,7-11,17H2. The highest BCUT2D eigenvalue weighted by molar-refractivity contribution is 6.12. The highest BCUT2D eigenvalue weighted by Crippen LogP contribution is 2.24. The largest absolute Gasteiger partial charge is 0.378 e. The normalized spacial score (nSPS) is 15.5. The van der Waals surface area contributed by atoms with Gasteiger partial charge in [-0.05, 0) is 22.4 Å². The molecule has 0 radical (unpaired) electrons. The molecule has 0 unspecified atom stereocenters. The molecule has 3 nitrogen and oxygen atoms in total. The molecule has 1 amide bonds. The Morgan fingerprint density at radius 3 is 2.50 bits per heavy atom. The molecule has 1 saturated heterocycles. The highest BCUT2D eigenvalue weighted by Gasteiger charge is 2.20. The lowest BCUT2D eigenvalue weighted by atomic mass is 9.90. The van der Waals surface area contributed by atoms with Gasteiger partial charge in [-0.25, -0.2) is 0 Å². The first-order chi connectivity index (χ1) is 9.81. The minimum atomic E-state index is 0.118. The topological polar surface area (TPSA) is 29.5 Å². The predicted molar refractivity (Wildman–Crippen MR) is 82.9 cm³/mol. The van der Waals surface area contributed by atoms with Crippen molar-refractivity contribution < 1.29 is 9.53 Å². The summed E-state index contributed by atoms with van der Waals surface area (Å²) < 4.78 is 5.32. The molecule has 0 spiro atoms. The number of hydrogen-bond donors (Lipinski definition) is 0. The third kappa shape index (κ3) is 2.31. The summed E-state index contributed by atoms with van der Waals surface area (Å²) in [6, 6.07) is 12.2. The molecule has 102 valence electrons. The lowest BCUT2D eigenvalue weighted by molar-refractivity contribution is 0.0304. The number of benzene rings is 2. The van der Waals surface area contributed by atoms with E-state index < -0.39 is 0 Å². The average molecular weight is 267 g/mol. The number of amides is 1. The zero-order chi connectivity index (χ0) is 13.9. The number of rotatable bonds is 2. The summed E-state index contributed by atoms with van der Waals surface area (Å²) in [5.41, 5.74) is 2.10. The Labute approximate surface area is 119 Å². The smallest absolute Gasteiger partial charge is 0.254 e. The maximum atomic E-state index is 12.7. The molecule has 20 heavy (non-hydrogen) atoms. The molecule has 0 N–H and O–H groups in total. The van der Waals surface area contributed by atoms with Gasteiger partial charge in [-0.15, -0.1) is 0 Å². The molecular formula is C16H18BNO2. The van der Waals surface area contributed by atoms with Crippen LogP contribution in [0.5, 0.6) is 0 Å². The summed E-state index contributed by atoms with van der Waals surface area (Å²) in [5.74, 6) is 0.118. The molecule has 4 heteroatoms. The zero-order valence-corrected chi connectivity index (χ0v) is 11.8. The van der Waals surface area contributed by atoms with Crippen molar-refractivity contribution in [3.63, 3.8) is 0 Å². The van der Waals surface area contributed by atoms with E-state index in [1.807, 2.05) is 29.2 Å². The van der Waals surface area contributed by atoms with Gasteiger partial charge in [-0.2, -0.15) is 0 Å². The Morgan fingerprint density at radius 1 is 1.10 bits per heavy atom. The second-order valence-electron chi connectivity index (χ2n) is 5.08. The minimum absolute atomic E-state index is 0.118. The monoisotopic (exact) mass is 267 g/mol.